The van der Waals surface area contributed by atoms with E-state index in [0.717, 1.165) is 41.4 Å². The van der Waals surface area contributed by atoms with Gasteiger partial charge in [0, 0.05) is 13.2 Å². The molecule has 2 N–H and O–H groups in total. The molecule has 146 valence electrons. The SMILES string of the molecule is Cn1ccc2nc(C(=O)N[C@H]3CCCC[C@@H]3O)cc(Cc3ccc(F)cc3)c21. The molecule has 2 atom stereocenters. The van der Waals surface area contributed by atoms with Crippen molar-refractivity contribution in [3.8, 4) is 0 Å². The Hall–Kier alpha value is -2.73. The van der Waals surface area contributed by atoms with Crippen LogP contribution < -0.4 is 5.32 Å². The summed E-state index contributed by atoms with van der Waals surface area (Å²) in [4.78, 5) is 17.3. The molecule has 0 spiro atoms. The van der Waals surface area contributed by atoms with Gasteiger partial charge in [-0.2, -0.15) is 0 Å². The Morgan fingerprint density at radius 2 is 2.00 bits per heavy atom. The molecule has 1 amide bonds. The topological polar surface area (TPSA) is 67.2 Å². The summed E-state index contributed by atoms with van der Waals surface area (Å²) in [5.41, 5.74) is 3.96. The van der Waals surface area contributed by atoms with Crippen molar-refractivity contribution in [2.24, 2.45) is 7.05 Å². The number of fused-ring (bicyclic) bond motifs is 1. The monoisotopic (exact) mass is 381 g/mol. The molecule has 0 aliphatic heterocycles. The Morgan fingerprint density at radius 1 is 1.25 bits per heavy atom. The maximum absolute atomic E-state index is 13.2. The summed E-state index contributed by atoms with van der Waals surface area (Å²) in [5, 5.41) is 13.1. The number of aliphatic hydroxyl groups is 1. The smallest absolute Gasteiger partial charge is 0.270 e. The van der Waals surface area contributed by atoms with Gasteiger partial charge in [-0.25, -0.2) is 9.37 Å². The molecule has 6 heteroatoms. The molecular formula is C22H24FN3O2. The molecule has 28 heavy (non-hydrogen) atoms. The molecule has 2 heterocycles. The van der Waals surface area contributed by atoms with Gasteiger partial charge in [0.15, 0.2) is 0 Å². The number of hydrogen-bond donors (Lipinski definition) is 2. The van der Waals surface area contributed by atoms with Gasteiger partial charge in [0.1, 0.15) is 11.5 Å². The number of pyridine rings is 1. The fourth-order valence-electron chi connectivity index (χ4n) is 3.99. The Morgan fingerprint density at radius 3 is 2.75 bits per heavy atom. The lowest BCUT2D eigenvalue weighted by Crippen LogP contribution is -2.45. The van der Waals surface area contributed by atoms with Crippen molar-refractivity contribution in [2.45, 2.75) is 44.2 Å². The van der Waals surface area contributed by atoms with Gasteiger partial charge in [0.2, 0.25) is 0 Å². The van der Waals surface area contributed by atoms with E-state index >= 15 is 0 Å². The second-order valence-electron chi connectivity index (χ2n) is 7.56. The number of carbonyl (C=O) groups is 1. The van der Waals surface area contributed by atoms with Gasteiger partial charge in [-0.3, -0.25) is 4.79 Å². The maximum Gasteiger partial charge on any atom is 0.270 e. The minimum absolute atomic E-state index is 0.227. The first kappa shape index (κ1) is 18.6. The van der Waals surface area contributed by atoms with Crippen LogP contribution in [0.4, 0.5) is 4.39 Å². The normalized spacial score (nSPS) is 19.7. The zero-order chi connectivity index (χ0) is 19.7. The van der Waals surface area contributed by atoms with Crippen LogP contribution in [0.5, 0.6) is 0 Å². The van der Waals surface area contributed by atoms with Gasteiger partial charge in [0.05, 0.1) is 23.2 Å². The van der Waals surface area contributed by atoms with Crippen LogP contribution in [0.2, 0.25) is 0 Å². The summed E-state index contributed by atoms with van der Waals surface area (Å²) in [6, 6.07) is 9.85. The number of rotatable bonds is 4. The minimum atomic E-state index is -0.503. The van der Waals surface area contributed by atoms with Crippen molar-refractivity contribution in [3.05, 3.63) is 65.2 Å². The molecule has 1 aliphatic carbocycles. The van der Waals surface area contributed by atoms with E-state index in [1.807, 2.05) is 23.9 Å². The zero-order valence-corrected chi connectivity index (χ0v) is 15.9. The van der Waals surface area contributed by atoms with E-state index in [9.17, 15) is 14.3 Å². The van der Waals surface area contributed by atoms with Gasteiger partial charge < -0.3 is 15.0 Å². The van der Waals surface area contributed by atoms with Crippen molar-refractivity contribution < 1.29 is 14.3 Å². The van der Waals surface area contributed by atoms with Crippen molar-refractivity contribution >= 4 is 16.9 Å². The highest BCUT2D eigenvalue weighted by molar-refractivity contribution is 5.95. The van der Waals surface area contributed by atoms with Gasteiger partial charge >= 0.3 is 0 Å². The van der Waals surface area contributed by atoms with Crippen LogP contribution in [-0.4, -0.2) is 32.7 Å². The van der Waals surface area contributed by atoms with Crippen LogP contribution >= 0.6 is 0 Å². The number of hydrogen-bond acceptors (Lipinski definition) is 3. The van der Waals surface area contributed by atoms with Crippen molar-refractivity contribution in [1.82, 2.24) is 14.9 Å². The summed E-state index contributed by atoms with van der Waals surface area (Å²) in [7, 11) is 1.94. The third-order valence-corrected chi connectivity index (χ3v) is 5.49. The van der Waals surface area contributed by atoms with E-state index in [1.165, 1.54) is 12.1 Å². The molecule has 2 aromatic heterocycles. The molecule has 1 saturated carbocycles. The highest BCUT2D eigenvalue weighted by Crippen LogP contribution is 2.23. The Labute approximate surface area is 163 Å². The lowest BCUT2D eigenvalue weighted by Gasteiger charge is -2.28. The number of aryl methyl sites for hydroxylation is 1. The molecule has 5 nitrogen and oxygen atoms in total. The average molecular weight is 381 g/mol. The Balaban J connectivity index is 1.65. The molecule has 1 aromatic carbocycles. The van der Waals surface area contributed by atoms with Crippen LogP contribution in [0.3, 0.4) is 0 Å². The number of aromatic nitrogens is 2. The molecular weight excluding hydrogens is 357 g/mol. The van der Waals surface area contributed by atoms with Crippen LogP contribution in [0, 0.1) is 5.82 Å². The third-order valence-electron chi connectivity index (χ3n) is 5.49. The van der Waals surface area contributed by atoms with E-state index < -0.39 is 6.10 Å². The first-order valence-corrected chi connectivity index (χ1v) is 9.69. The predicted molar refractivity (Wildman–Crippen MR) is 106 cm³/mol. The summed E-state index contributed by atoms with van der Waals surface area (Å²) in [6.07, 6.45) is 5.47. The van der Waals surface area contributed by atoms with E-state index in [4.69, 9.17) is 0 Å². The molecule has 0 bridgehead atoms. The number of benzene rings is 1. The lowest BCUT2D eigenvalue weighted by atomic mass is 9.92. The number of carbonyl (C=O) groups excluding carboxylic acids is 1. The summed E-state index contributed by atoms with van der Waals surface area (Å²) < 4.78 is 15.2. The molecule has 0 unspecified atom stereocenters. The quantitative estimate of drug-likeness (QED) is 0.728. The second kappa shape index (κ2) is 7.72. The first-order chi connectivity index (χ1) is 13.5. The third kappa shape index (κ3) is 3.78. The highest BCUT2D eigenvalue weighted by Gasteiger charge is 2.25. The summed E-state index contributed by atoms with van der Waals surface area (Å²) in [6.45, 7) is 0. The van der Waals surface area contributed by atoms with Gasteiger partial charge in [-0.15, -0.1) is 0 Å². The van der Waals surface area contributed by atoms with Crippen LogP contribution in [0.25, 0.3) is 11.0 Å². The number of nitrogens with one attached hydrogen (secondary N) is 1. The fraction of sp³-hybridized carbons (Fsp3) is 0.364. The number of amides is 1. The number of aliphatic hydroxyl groups excluding tert-OH is 1. The first-order valence-electron chi connectivity index (χ1n) is 9.69. The van der Waals surface area contributed by atoms with E-state index in [1.54, 1.807) is 18.2 Å². The molecule has 3 aromatic rings. The van der Waals surface area contributed by atoms with Gasteiger partial charge in [-0.1, -0.05) is 25.0 Å². The molecule has 0 radical (unpaired) electrons. The molecule has 1 aliphatic rings. The van der Waals surface area contributed by atoms with Crippen molar-refractivity contribution in [2.75, 3.05) is 0 Å². The highest BCUT2D eigenvalue weighted by atomic mass is 19.1. The van der Waals surface area contributed by atoms with Gasteiger partial charge in [-0.05, 0) is 54.7 Å². The largest absolute Gasteiger partial charge is 0.391 e. The van der Waals surface area contributed by atoms with Gasteiger partial charge in [0.25, 0.3) is 5.91 Å². The van der Waals surface area contributed by atoms with Crippen LogP contribution in [0.15, 0.2) is 42.6 Å². The molecule has 0 saturated heterocycles. The van der Waals surface area contributed by atoms with E-state index in [-0.39, 0.29) is 17.8 Å². The van der Waals surface area contributed by atoms with Crippen molar-refractivity contribution in [1.29, 1.82) is 0 Å². The fourth-order valence-corrected chi connectivity index (χ4v) is 3.99. The lowest BCUT2D eigenvalue weighted by molar-refractivity contribution is 0.0714. The summed E-state index contributed by atoms with van der Waals surface area (Å²) >= 11 is 0. The van der Waals surface area contributed by atoms with Crippen molar-refractivity contribution in [3.63, 3.8) is 0 Å². The second-order valence-corrected chi connectivity index (χ2v) is 7.56. The van der Waals surface area contributed by atoms with E-state index in [0.29, 0.717) is 18.5 Å². The molecule has 1 fully saturated rings. The van der Waals surface area contributed by atoms with Crippen LogP contribution in [-0.2, 0) is 13.5 Å². The number of halogens is 1. The zero-order valence-electron chi connectivity index (χ0n) is 15.9. The molecule has 4 rings (SSSR count). The summed E-state index contributed by atoms with van der Waals surface area (Å²) in [5.74, 6) is -0.536. The predicted octanol–water partition coefficient (Wildman–Crippen LogP) is 3.34. The number of nitrogens with zero attached hydrogens (tertiary/aromatic N) is 2. The minimum Gasteiger partial charge on any atom is -0.391 e. The van der Waals surface area contributed by atoms with Crippen LogP contribution in [0.1, 0.15) is 47.3 Å². The Bertz CT molecular complexity index is 997. The van der Waals surface area contributed by atoms with E-state index in [2.05, 4.69) is 10.3 Å². The average Bonchev–Trinajstić information content (AvgIpc) is 3.06. The Kier molecular flexibility index (Phi) is 5.13. The standard InChI is InChI=1S/C22H24FN3O2/c1-26-11-10-18-21(26)15(12-14-6-8-16(23)9-7-14)13-19(24-18)22(28)25-17-4-2-3-5-20(17)27/h6-11,13,17,20,27H,2-5,12H2,1H3,(H,25,28)/t17-,20-/m0/s1. The maximum atomic E-state index is 13.2.